The summed E-state index contributed by atoms with van der Waals surface area (Å²) in [5, 5.41) is 2.97. The lowest BCUT2D eigenvalue weighted by Crippen LogP contribution is -2.36. The number of sulfonamides is 1. The van der Waals surface area contributed by atoms with Gasteiger partial charge in [0, 0.05) is 31.1 Å². The van der Waals surface area contributed by atoms with Crippen molar-refractivity contribution in [3.8, 4) is 11.5 Å². The minimum absolute atomic E-state index is 0.111. The van der Waals surface area contributed by atoms with Gasteiger partial charge in [-0.2, -0.15) is 4.31 Å². The molecule has 3 rings (SSSR count). The first-order valence-corrected chi connectivity index (χ1v) is 11.9. The summed E-state index contributed by atoms with van der Waals surface area (Å²) in [6.07, 6.45) is 1.84. The highest BCUT2D eigenvalue weighted by molar-refractivity contribution is 7.89. The van der Waals surface area contributed by atoms with Gasteiger partial charge in [0.05, 0.1) is 25.0 Å². The van der Waals surface area contributed by atoms with E-state index in [1.165, 1.54) is 4.31 Å². The molecule has 2 unspecified atom stereocenters. The molecule has 1 fully saturated rings. The molecule has 0 spiro atoms. The monoisotopic (exact) mass is 446 g/mol. The highest BCUT2D eigenvalue weighted by Crippen LogP contribution is 2.43. The minimum atomic E-state index is -3.73. The Morgan fingerprint density at radius 1 is 1.06 bits per heavy atom. The fourth-order valence-electron chi connectivity index (χ4n) is 4.01. The van der Waals surface area contributed by atoms with Gasteiger partial charge in [-0.05, 0) is 24.6 Å². The summed E-state index contributed by atoms with van der Waals surface area (Å²) in [4.78, 5) is 13.3. The number of para-hydroxylation sites is 1. The Balaban J connectivity index is 1.98. The van der Waals surface area contributed by atoms with Crippen LogP contribution in [0.15, 0.2) is 53.4 Å². The normalized spacial score (nSPS) is 19.2. The van der Waals surface area contributed by atoms with Gasteiger partial charge in [0.2, 0.25) is 15.9 Å². The fourth-order valence-corrected chi connectivity index (χ4v) is 5.52. The van der Waals surface area contributed by atoms with Gasteiger partial charge in [-0.25, -0.2) is 8.42 Å². The van der Waals surface area contributed by atoms with Gasteiger partial charge < -0.3 is 14.8 Å². The number of nitrogens with zero attached hydrogens (tertiary/aromatic N) is 1. The van der Waals surface area contributed by atoms with Gasteiger partial charge in [-0.3, -0.25) is 4.79 Å². The maximum Gasteiger partial charge on any atom is 0.243 e. The quantitative estimate of drug-likeness (QED) is 0.599. The molecule has 0 bridgehead atoms. The summed E-state index contributed by atoms with van der Waals surface area (Å²) < 4.78 is 38.9. The Morgan fingerprint density at radius 2 is 1.81 bits per heavy atom. The summed E-state index contributed by atoms with van der Waals surface area (Å²) in [7, 11) is -0.626. The van der Waals surface area contributed by atoms with Crippen molar-refractivity contribution >= 4 is 15.9 Å². The topological polar surface area (TPSA) is 84.9 Å². The Bertz CT molecular complexity index is 994. The number of rotatable bonds is 9. The Morgan fingerprint density at radius 3 is 2.45 bits per heavy atom. The zero-order valence-corrected chi connectivity index (χ0v) is 19.0. The van der Waals surface area contributed by atoms with E-state index in [-0.39, 0.29) is 29.8 Å². The molecule has 1 N–H and O–H groups in total. The molecule has 1 heterocycles. The predicted octanol–water partition coefficient (Wildman–Crippen LogP) is 3.02. The molecule has 168 valence electrons. The molecule has 0 radical (unpaired) electrons. The van der Waals surface area contributed by atoms with Crippen LogP contribution in [0.2, 0.25) is 0 Å². The summed E-state index contributed by atoms with van der Waals surface area (Å²) in [6, 6.07) is 13.8. The molecule has 1 amide bonds. The number of amides is 1. The first-order chi connectivity index (χ1) is 14.9. The zero-order chi connectivity index (χ0) is 22.4. The van der Waals surface area contributed by atoms with Crippen LogP contribution in [-0.2, 0) is 14.8 Å². The third-order valence-electron chi connectivity index (χ3n) is 5.67. The third-order valence-corrected chi connectivity index (χ3v) is 7.51. The number of hydrogen-bond acceptors (Lipinski definition) is 5. The molecule has 31 heavy (non-hydrogen) atoms. The summed E-state index contributed by atoms with van der Waals surface area (Å²) in [5.41, 5.74) is 0.767. The molecule has 7 nitrogen and oxygen atoms in total. The van der Waals surface area contributed by atoms with Crippen LogP contribution in [0.5, 0.6) is 11.5 Å². The lowest BCUT2D eigenvalue weighted by atomic mass is 9.87. The van der Waals surface area contributed by atoms with E-state index >= 15 is 0 Å². The average molecular weight is 447 g/mol. The number of nitrogens with one attached hydrogen (secondary N) is 1. The van der Waals surface area contributed by atoms with E-state index < -0.39 is 15.9 Å². The van der Waals surface area contributed by atoms with Crippen LogP contribution >= 0.6 is 0 Å². The predicted molar refractivity (Wildman–Crippen MR) is 119 cm³/mol. The van der Waals surface area contributed by atoms with Gasteiger partial charge >= 0.3 is 0 Å². The molecule has 0 saturated carbocycles. The second kappa shape index (κ2) is 10.2. The lowest BCUT2D eigenvalue weighted by Gasteiger charge is -2.21. The average Bonchev–Trinajstić information content (AvgIpc) is 3.25. The number of methoxy groups -OCH3 is 2. The molecule has 2 aromatic carbocycles. The summed E-state index contributed by atoms with van der Waals surface area (Å²) in [6.45, 7) is 2.92. The van der Waals surface area contributed by atoms with Gasteiger partial charge in [-0.1, -0.05) is 43.7 Å². The fraction of sp³-hybridized carbons (Fsp3) is 0.435. The lowest BCUT2D eigenvalue weighted by molar-refractivity contribution is -0.124. The summed E-state index contributed by atoms with van der Waals surface area (Å²) >= 11 is 0. The van der Waals surface area contributed by atoms with Crippen LogP contribution in [0.4, 0.5) is 0 Å². The van der Waals surface area contributed by atoms with E-state index in [9.17, 15) is 13.2 Å². The highest BCUT2D eigenvalue weighted by atomic mass is 32.2. The highest BCUT2D eigenvalue weighted by Gasteiger charge is 2.44. The van der Waals surface area contributed by atoms with E-state index in [4.69, 9.17) is 9.47 Å². The second-order valence-corrected chi connectivity index (χ2v) is 9.51. The standard InChI is InChI=1S/C23H30N2O5S/c1-4-5-14-24-23(26)20-16-25(31(27,28)17-10-7-6-8-11-17)15-19(20)18-12-9-13-21(29-2)22(18)30-3/h6-13,19-20H,4-5,14-16H2,1-3H3,(H,24,26). The zero-order valence-electron chi connectivity index (χ0n) is 18.2. The van der Waals surface area contributed by atoms with Crippen molar-refractivity contribution in [1.29, 1.82) is 0 Å². The molecular weight excluding hydrogens is 416 g/mol. The van der Waals surface area contributed by atoms with Crippen molar-refractivity contribution in [2.24, 2.45) is 5.92 Å². The van der Waals surface area contributed by atoms with Crippen molar-refractivity contribution in [2.75, 3.05) is 33.9 Å². The van der Waals surface area contributed by atoms with E-state index in [0.29, 0.717) is 18.0 Å². The van der Waals surface area contributed by atoms with E-state index in [1.54, 1.807) is 50.6 Å². The second-order valence-electron chi connectivity index (χ2n) is 7.58. The largest absolute Gasteiger partial charge is 0.493 e. The number of ether oxygens (including phenoxy) is 2. The van der Waals surface area contributed by atoms with Crippen molar-refractivity contribution in [3.63, 3.8) is 0 Å². The number of carbonyl (C=O) groups excluding carboxylic acids is 1. The Kier molecular flexibility index (Phi) is 7.56. The first kappa shape index (κ1) is 23.1. The van der Waals surface area contributed by atoms with Gasteiger partial charge in [0.15, 0.2) is 11.5 Å². The number of unbranched alkanes of at least 4 members (excludes halogenated alkanes) is 1. The molecule has 2 atom stereocenters. The molecule has 1 aliphatic rings. The number of carbonyl (C=O) groups is 1. The molecule has 8 heteroatoms. The van der Waals surface area contributed by atoms with Gasteiger partial charge in [0.25, 0.3) is 0 Å². The van der Waals surface area contributed by atoms with Crippen molar-refractivity contribution < 1.29 is 22.7 Å². The number of hydrogen-bond donors (Lipinski definition) is 1. The van der Waals surface area contributed by atoms with Crippen LogP contribution in [0.25, 0.3) is 0 Å². The maximum absolute atomic E-state index is 13.3. The van der Waals surface area contributed by atoms with Crippen molar-refractivity contribution in [1.82, 2.24) is 9.62 Å². The van der Waals surface area contributed by atoms with E-state index in [1.807, 2.05) is 12.1 Å². The Hall–Kier alpha value is -2.58. The smallest absolute Gasteiger partial charge is 0.243 e. The molecular formula is C23H30N2O5S. The van der Waals surface area contributed by atoms with Crippen LogP contribution in [0, 0.1) is 5.92 Å². The van der Waals surface area contributed by atoms with Crippen molar-refractivity contribution in [3.05, 3.63) is 54.1 Å². The molecule has 1 aliphatic heterocycles. The van der Waals surface area contributed by atoms with Crippen LogP contribution in [0.3, 0.4) is 0 Å². The molecule has 2 aromatic rings. The molecule has 0 aromatic heterocycles. The molecule has 1 saturated heterocycles. The molecule has 0 aliphatic carbocycles. The maximum atomic E-state index is 13.3. The van der Waals surface area contributed by atoms with Crippen LogP contribution < -0.4 is 14.8 Å². The minimum Gasteiger partial charge on any atom is -0.493 e. The van der Waals surface area contributed by atoms with Gasteiger partial charge in [0.1, 0.15) is 0 Å². The van der Waals surface area contributed by atoms with E-state index in [0.717, 1.165) is 18.4 Å². The van der Waals surface area contributed by atoms with Crippen molar-refractivity contribution in [2.45, 2.75) is 30.6 Å². The summed E-state index contributed by atoms with van der Waals surface area (Å²) in [5.74, 6) is 0.0467. The Labute approximate surface area is 184 Å². The third kappa shape index (κ3) is 4.85. The van der Waals surface area contributed by atoms with E-state index in [2.05, 4.69) is 12.2 Å². The first-order valence-electron chi connectivity index (χ1n) is 10.5. The SMILES string of the molecule is CCCCNC(=O)C1CN(S(=O)(=O)c2ccccc2)CC1c1cccc(OC)c1OC. The van der Waals surface area contributed by atoms with Crippen LogP contribution in [0.1, 0.15) is 31.2 Å². The van der Waals surface area contributed by atoms with Crippen LogP contribution in [-0.4, -0.2) is 52.5 Å². The van der Waals surface area contributed by atoms with Gasteiger partial charge in [-0.15, -0.1) is 0 Å². The number of benzene rings is 2.